The fraction of sp³-hybridized carbons (Fsp3) is 0.105. The minimum absolute atomic E-state index is 0.0187. The van der Waals surface area contributed by atoms with Crippen LogP contribution in [0.3, 0.4) is 0 Å². The number of hydrogen-bond donors (Lipinski definition) is 3. The zero-order valence-corrected chi connectivity index (χ0v) is 13.9. The number of carboxylic acid groups (broad SMARTS) is 1. The minimum atomic E-state index is -1.12. The number of aromatic hydroxyl groups is 1. The molecule has 0 unspecified atom stereocenters. The van der Waals surface area contributed by atoms with Gasteiger partial charge in [-0.2, -0.15) is 5.26 Å². The molecule has 7 nitrogen and oxygen atoms in total. The molecule has 26 heavy (non-hydrogen) atoms. The maximum Gasteiger partial charge on any atom is 0.335 e. The summed E-state index contributed by atoms with van der Waals surface area (Å²) < 4.78 is 5.27. The van der Waals surface area contributed by atoms with Gasteiger partial charge in [0.2, 0.25) is 0 Å². The first-order valence-corrected chi connectivity index (χ1v) is 7.67. The van der Waals surface area contributed by atoms with Crippen LogP contribution >= 0.6 is 0 Å². The number of carbonyl (C=O) groups excluding carboxylic acids is 1. The smallest absolute Gasteiger partial charge is 0.335 e. The van der Waals surface area contributed by atoms with Crippen LogP contribution in [0, 0.1) is 11.3 Å². The quantitative estimate of drug-likeness (QED) is 0.543. The van der Waals surface area contributed by atoms with Crippen LogP contribution < -0.4 is 10.1 Å². The maximum atomic E-state index is 12.3. The summed E-state index contributed by atoms with van der Waals surface area (Å²) in [5.74, 6) is -1.60. The highest BCUT2D eigenvalue weighted by molar-refractivity contribution is 6.10. The van der Waals surface area contributed by atoms with Gasteiger partial charge >= 0.3 is 5.97 Å². The molecule has 0 spiro atoms. The topological polar surface area (TPSA) is 120 Å². The predicted molar refractivity (Wildman–Crippen MR) is 94.9 cm³/mol. The lowest BCUT2D eigenvalue weighted by Gasteiger charge is -2.07. The van der Waals surface area contributed by atoms with Crippen LogP contribution in [0.2, 0.25) is 0 Å². The average molecular weight is 352 g/mol. The zero-order valence-electron chi connectivity index (χ0n) is 13.9. The van der Waals surface area contributed by atoms with Gasteiger partial charge in [0, 0.05) is 5.69 Å². The van der Waals surface area contributed by atoms with Crippen molar-refractivity contribution in [3.63, 3.8) is 0 Å². The molecule has 0 radical (unpaired) electrons. The summed E-state index contributed by atoms with van der Waals surface area (Å²) in [6, 6.07) is 11.9. The van der Waals surface area contributed by atoms with E-state index in [1.54, 1.807) is 13.0 Å². The molecular weight excluding hydrogens is 336 g/mol. The van der Waals surface area contributed by atoms with E-state index in [4.69, 9.17) is 9.84 Å². The van der Waals surface area contributed by atoms with Gasteiger partial charge in [-0.25, -0.2) is 4.79 Å². The monoisotopic (exact) mass is 352 g/mol. The number of rotatable bonds is 6. The molecule has 2 aromatic rings. The number of phenolic OH excluding ortho intramolecular Hbond substituents is 1. The third kappa shape index (κ3) is 4.61. The van der Waals surface area contributed by atoms with Crippen molar-refractivity contribution in [2.75, 3.05) is 11.9 Å². The number of nitrogens with one attached hydrogen (secondary N) is 1. The Morgan fingerprint density at radius 3 is 2.69 bits per heavy atom. The first-order chi connectivity index (χ1) is 12.4. The summed E-state index contributed by atoms with van der Waals surface area (Å²) in [5.41, 5.74) is 0.595. The fourth-order valence-electron chi connectivity index (χ4n) is 2.14. The molecule has 0 aliphatic carbocycles. The second-order valence-corrected chi connectivity index (χ2v) is 5.17. The van der Waals surface area contributed by atoms with Gasteiger partial charge in [-0.3, -0.25) is 4.79 Å². The third-order valence-corrected chi connectivity index (χ3v) is 3.33. The Morgan fingerprint density at radius 2 is 2.04 bits per heavy atom. The normalized spacial score (nSPS) is 10.7. The molecule has 2 rings (SSSR count). The molecule has 7 heteroatoms. The standard InChI is InChI=1S/C19H16N2O5/c1-2-26-17-9-12(6-7-16(17)22)8-14(11-20)18(23)21-15-5-3-4-13(10-15)19(24)25/h3-10,22H,2H2,1H3,(H,21,23)(H,24,25). The Kier molecular flexibility index (Phi) is 5.96. The highest BCUT2D eigenvalue weighted by atomic mass is 16.5. The summed E-state index contributed by atoms with van der Waals surface area (Å²) >= 11 is 0. The van der Waals surface area contributed by atoms with E-state index in [1.165, 1.54) is 48.5 Å². The Morgan fingerprint density at radius 1 is 1.27 bits per heavy atom. The number of phenols is 1. The minimum Gasteiger partial charge on any atom is -0.504 e. The lowest BCUT2D eigenvalue weighted by Crippen LogP contribution is -2.13. The molecule has 0 aromatic heterocycles. The highest BCUT2D eigenvalue weighted by Crippen LogP contribution is 2.27. The van der Waals surface area contributed by atoms with E-state index in [9.17, 15) is 20.0 Å². The molecular formula is C19H16N2O5. The van der Waals surface area contributed by atoms with Crippen LogP contribution in [0.25, 0.3) is 6.08 Å². The van der Waals surface area contributed by atoms with Crippen molar-refractivity contribution in [1.82, 2.24) is 0 Å². The number of carbonyl (C=O) groups is 2. The molecule has 0 saturated carbocycles. The van der Waals surface area contributed by atoms with Crippen LogP contribution in [0.1, 0.15) is 22.8 Å². The first kappa shape index (κ1) is 18.5. The van der Waals surface area contributed by atoms with Crippen LogP contribution in [-0.4, -0.2) is 28.7 Å². The molecule has 2 aromatic carbocycles. The molecule has 0 aliphatic heterocycles. The van der Waals surface area contributed by atoms with Gasteiger partial charge in [-0.1, -0.05) is 12.1 Å². The summed E-state index contributed by atoms with van der Waals surface area (Å²) in [6.45, 7) is 2.12. The van der Waals surface area contributed by atoms with Gasteiger partial charge in [-0.15, -0.1) is 0 Å². The first-order valence-electron chi connectivity index (χ1n) is 7.67. The van der Waals surface area contributed by atoms with Crippen LogP contribution in [-0.2, 0) is 4.79 Å². The fourth-order valence-corrected chi connectivity index (χ4v) is 2.14. The molecule has 132 valence electrons. The average Bonchev–Trinajstić information content (AvgIpc) is 2.62. The number of hydrogen-bond acceptors (Lipinski definition) is 5. The number of anilines is 1. The van der Waals surface area contributed by atoms with Gasteiger partial charge in [0.05, 0.1) is 12.2 Å². The molecule has 1 amide bonds. The number of aromatic carboxylic acids is 1. The zero-order chi connectivity index (χ0) is 19.1. The molecule has 0 saturated heterocycles. The van der Waals surface area contributed by atoms with Crippen LogP contribution in [0.15, 0.2) is 48.0 Å². The SMILES string of the molecule is CCOc1cc(C=C(C#N)C(=O)Nc2cccc(C(=O)O)c2)ccc1O. The highest BCUT2D eigenvalue weighted by Gasteiger charge is 2.12. The van der Waals surface area contributed by atoms with Crippen molar-refractivity contribution in [2.24, 2.45) is 0 Å². The number of amides is 1. The van der Waals surface area contributed by atoms with Crippen LogP contribution in [0.5, 0.6) is 11.5 Å². The van der Waals surface area contributed by atoms with Gasteiger partial charge in [0.1, 0.15) is 11.6 Å². The molecule has 0 fully saturated rings. The lowest BCUT2D eigenvalue weighted by atomic mass is 10.1. The van der Waals surface area contributed by atoms with Crippen molar-refractivity contribution < 1.29 is 24.5 Å². The van der Waals surface area contributed by atoms with Gasteiger partial charge in [-0.05, 0) is 48.9 Å². The molecule has 3 N–H and O–H groups in total. The van der Waals surface area contributed by atoms with E-state index in [0.29, 0.717) is 12.2 Å². The van der Waals surface area contributed by atoms with Crippen molar-refractivity contribution in [2.45, 2.75) is 6.92 Å². The van der Waals surface area contributed by atoms with Gasteiger partial charge in [0.15, 0.2) is 11.5 Å². The van der Waals surface area contributed by atoms with Crippen molar-refractivity contribution >= 4 is 23.6 Å². The largest absolute Gasteiger partial charge is 0.504 e. The number of nitrogens with zero attached hydrogens (tertiary/aromatic N) is 1. The van der Waals surface area contributed by atoms with Crippen LogP contribution in [0.4, 0.5) is 5.69 Å². The van der Waals surface area contributed by atoms with Crippen molar-refractivity contribution in [1.29, 1.82) is 5.26 Å². The van der Waals surface area contributed by atoms with E-state index in [2.05, 4.69) is 5.32 Å². The molecule has 0 aliphatic rings. The van der Waals surface area contributed by atoms with E-state index in [1.807, 2.05) is 0 Å². The number of nitriles is 1. The number of carboxylic acids is 1. The summed E-state index contributed by atoms with van der Waals surface area (Å²) in [5, 5.41) is 30.4. The Labute approximate surface area is 149 Å². The van der Waals surface area contributed by atoms with E-state index in [0.717, 1.165) is 0 Å². The summed E-state index contributed by atoms with van der Waals surface area (Å²) in [4.78, 5) is 23.3. The molecule has 0 atom stereocenters. The van der Waals surface area contributed by atoms with Gasteiger partial charge in [0.25, 0.3) is 5.91 Å². The maximum absolute atomic E-state index is 12.3. The summed E-state index contributed by atoms with van der Waals surface area (Å²) in [6.07, 6.45) is 1.35. The van der Waals surface area contributed by atoms with Crippen molar-refractivity contribution in [3.05, 3.63) is 59.2 Å². The predicted octanol–water partition coefficient (Wildman–Crippen LogP) is 3.03. The van der Waals surface area contributed by atoms with E-state index in [-0.39, 0.29) is 28.3 Å². The second kappa shape index (κ2) is 8.35. The Balaban J connectivity index is 2.25. The lowest BCUT2D eigenvalue weighted by molar-refractivity contribution is -0.112. The van der Waals surface area contributed by atoms with E-state index < -0.39 is 11.9 Å². The Bertz CT molecular complexity index is 912. The Hall–Kier alpha value is -3.79. The second-order valence-electron chi connectivity index (χ2n) is 5.17. The number of benzene rings is 2. The van der Waals surface area contributed by atoms with Gasteiger partial charge < -0.3 is 20.3 Å². The summed E-state index contributed by atoms with van der Waals surface area (Å²) in [7, 11) is 0. The molecule has 0 heterocycles. The van der Waals surface area contributed by atoms with Crippen molar-refractivity contribution in [3.8, 4) is 17.6 Å². The molecule has 0 bridgehead atoms. The third-order valence-electron chi connectivity index (χ3n) is 3.33. The van der Waals surface area contributed by atoms with E-state index >= 15 is 0 Å². The number of ether oxygens (including phenoxy) is 1.